The first-order chi connectivity index (χ1) is 14.8. The zero-order valence-electron chi connectivity index (χ0n) is 17.5. The third-order valence-corrected chi connectivity index (χ3v) is 4.97. The molecule has 9 heteroatoms. The number of ether oxygens (including phenoxy) is 1. The number of hydrogen-bond donors (Lipinski definition) is 2. The maximum Gasteiger partial charge on any atom is 0.330 e. The first-order valence-electron chi connectivity index (χ1n) is 9.86. The fourth-order valence-electron chi connectivity index (χ4n) is 3.50. The van der Waals surface area contributed by atoms with Gasteiger partial charge in [-0.3, -0.25) is 14.3 Å². The number of nitrogens with zero attached hydrogens (tertiary/aromatic N) is 4. The minimum Gasteiger partial charge on any atom is -0.473 e. The van der Waals surface area contributed by atoms with Gasteiger partial charge >= 0.3 is 5.69 Å². The van der Waals surface area contributed by atoms with Crippen LogP contribution < -0.4 is 16.0 Å². The van der Waals surface area contributed by atoms with E-state index in [4.69, 9.17) is 4.74 Å². The van der Waals surface area contributed by atoms with Gasteiger partial charge < -0.3 is 14.4 Å². The number of aromatic amines is 1. The van der Waals surface area contributed by atoms with E-state index in [0.29, 0.717) is 23.9 Å². The van der Waals surface area contributed by atoms with Gasteiger partial charge in [-0.25, -0.2) is 14.8 Å². The van der Waals surface area contributed by atoms with E-state index >= 15 is 0 Å². The number of aliphatic hydroxyl groups is 1. The summed E-state index contributed by atoms with van der Waals surface area (Å²) in [5.74, 6) is 0.992. The highest BCUT2D eigenvalue weighted by molar-refractivity contribution is 5.76. The lowest BCUT2D eigenvalue weighted by Crippen LogP contribution is -2.33. The molecular weight excluding hydrogens is 398 g/mol. The largest absolute Gasteiger partial charge is 0.473 e. The van der Waals surface area contributed by atoms with Gasteiger partial charge in [-0.1, -0.05) is 30.3 Å². The third kappa shape index (κ3) is 3.99. The van der Waals surface area contributed by atoms with Gasteiger partial charge in [-0.15, -0.1) is 0 Å². The molecule has 3 aromatic heterocycles. The van der Waals surface area contributed by atoms with Crippen LogP contribution in [0.2, 0.25) is 0 Å². The topological polar surface area (TPSA) is 115 Å². The number of H-pyrrole nitrogens is 1. The van der Waals surface area contributed by atoms with Crippen molar-refractivity contribution in [2.75, 3.05) is 0 Å². The summed E-state index contributed by atoms with van der Waals surface area (Å²) in [4.78, 5) is 35.9. The highest BCUT2D eigenvalue weighted by atomic mass is 16.5. The Hall–Kier alpha value is -3.72. The van der Waals surface area contributed by atoms with E-state index < -0.39 is 17.4 Å². The predicted molar refractivity (Wildman–Crippen MR) is 116 cm³/mol. The van der Waals surface area contributed by atoms with Crippen LogP contribution in [0.4, 0.5) is 0 Å². The lowest BCUT2D eigenvalue weighted by atomic mass is 10.2. The second kappa shape index (κ2) is 8.19. The molecule has 4 rings (SSSR count). The average molecular weight is 421 g/mol. The van der Waals surface area contributed by atoms with E-state index in [-0.39, 0.29) is 17.7 Å². The van der Waals surface area contributed by atoms with Gasteiger partial charge in [-0.05, 0) is 25.5 Å². The maximum absolute atomic E-state index is 12.4. The summed E-state index contributed by atoms with van der Waals surface area (Å²) in [7, 11) is 1.70. The fourth-order valence-corrected chi connectivity index (χ4v) is 3.50. The zero-order chi connectivity index (χ0) is 22.1. The van der Waals surface area contributed by atoms with E-state index in [1.165, 1.54) is 4.57 Å². The summed E-state index contributed by atoms with van der Waals surface area (Å²) in [6.45, 7) is 3.87. The number of nitrogens with one attached hydrogen (secondary N) is 1. The fraction of sp³-hybridized carbons (Fsp3) is 0.273. The van der Waals surface area contributed by atoms with E-state index in [2.05, 4.69) is 15.0 Å². The molecule has 0 radical (unpaired) electrons. The van der Waals surface area contributed by atoms with Crippen molar-refractivity contribution in [1.29, 1.82) is 0 Å². The Balaban J connectivity index is 1.72. The number of pyridine rings is 1. The first kappa shape index (κ1) is 20.5. The molecule has 31 heavy (non-hydrogen) atoms. The number of rotatable bonds is 6. The van der Waals surface area contributed by atoms with Gasteiger partial charge in [0.05, 0.1) is 12.6 Å². The molecule has 0 aliphatic carbocycles. The predicted octanol–water partition coefficient (Wildman–Crippen LogP) is 1.75. The number of imidazole rings is 1. The van der Waals surface area contributed by atoms with Crippen molar-refractivity contribution in [1.82, 2.24) is 24.1 Å². The van der Waals surface area contributed by atoms with Crippen molar-refractivity contribution < 1.29 is 9.84 Å². The van der Waals surface area contributed by atoms with Crippen LogP contribution in [0.25, 0.3) is 22.6 Å². The van der Waals surface area contributed by atoms with E-state index in [9.17, 15) is 14.7 Å². The highest BCUT2D eigenvalue weighted by Crippen LogP contribution is 2.25. The summed E-state index contributed by atoms with van der Waals surface area (Å²) in [5, 5.41) is 9.74. The smallest absolute Gasteiger partial charge is 0.330 e. The molecule has 3 heterocycles. The molecule has 0 amide bonds. The Morgan fingerprint density at radius 1 is 1.23 bits per heavy atom. The molecule has 1 atom stereocenters. The monoisotopic (exact) mass is 421 g/mol. The van der Waals surface area contributed by atoms with Crippen molar-refractivity contribution in [3.63, 3.8) is 0 Å². The molecule has 0 aliphatic rings. The Labute approximate surface area is 177 Å². The summed E-state index contributed by atoms with van der Waals surface area (Å²) in [5.41, 5.74) is 1.86. The van der Waals surface area contributed by atoms with Crippen LogP contribution in [0.5, 0.6) is 5.88 Å². The summed E-state index contributed by atoms with van der Waals surface area (Å²) in [6, 6.07) is 11.7. The van der Waals surface area contributed by atoms with Gasteiger partial charge in [0.25, 0.3) is 5.56 Å². The van der Waals surface area contributed by atoms with E-state index in [1.54, 1.807) is 24.7 Å². The molecule has 0 spiro atoms. The Morgan fingerprint density at radius 3 is 2.65 bits per heavy atom. The van der Waals surface area contributed by atoms with Crippen molar-refractivity contribution in [2.45, 2.75) is 33.1 Å². The van der Waals surface area contributed by atoms with E-state index in [1.807, 2.05) is 43.3 Å². The van der Waals surface area contributed by atoms with Crippen LogP contribution in [0, 0.1) is 6.92 Å². The average Bonchev–Trinajstić information content (AvgIpc) is 3.08. The maximum atomic E-state index is 12.4. The SMILES string of the molecule is Cc1cc(-c2nc3c(c(=O)[nH]c(=O)n3CC(C)O)n2C)cnc1OCc1ccccc1. The van der Waals surface area contributed by atoms with Gasteiger partial charge in [0, 0.05) is 24.4 Å². The molecule has 9 nitrogen and oxygen atoms in total. The lowest BCUT2D eigenvalue weighted by Gasteiger charge is -2.09. The number of fused-ring (bicyclic) bond motifs is 1. The van der Waals surface area contributed by atoms with Crippen LogP contribution in [-0.4, -0.2) is 35.3 Å². The molecule has 0 saturated carbocycles. The van der Waals surface area contributed by atoms with E-state index in [0.717, 1.165) is 11.1 Å². The minimum absolute atomic E-state index is 0.0199. The normalized spacial score (nSPS) is 12.3. The second-order valence-corrected chi connectivity index (χ2v) is 7.51. The van der Waals surface area contributed by atoms with Crippen LogP contribution in [-0.2, 0) is 20.2 Å². The highest BCUT2D eigenvalue weighted by Gasteiger charge is 2.19. The van der Waals surface area contributed by atoms with Crippen molar-refractivity contribution in [2.24, 2.45) is 7.05 Å². The summed E-state index contributed by atoms with van der Waals surface area (Å²) >= 11 is 0. The molecule has 160 valence electrons. The molecule has 4 aromatic rings. The molecule has 0 bridgehead atoms. The number of aromatic nitrogens is 5. The minimum atomic E-state index is -0.776. The summed E-state index contributed by atoms with van der Waals surface area (Å²) in [6.07, 6.45) is 0.849. The van der Waals surface area contributed by atoms with Crippen molar-refractivity contribution in [3.05, 3.63) is 74.6 Å². The van der Waals surface area contributed by atoms with Crippen LogP contribution in [0.15, 0.2) is 52.2 Å². The number of aliphatic hydroxyl groups excluding tert-OH is 1. The van der Waals surface area contributed by atoms with Gasteiger partial charge in [0.1, 0.15) is 12.4 Å². The zero-order valence-corrected chi connectivity index (χ0v) is 17.5. The number of hydrogen-bond acceptors (Lipinski definition) is 6. The van der Waals surface area contributed by atoms with Gasteiger partial charge in [0.15, 0.2) is 11.2 Å². The molecular formula is C22H23N5O4. The molecule has 1 aromatic carbocycles. The van der Waals surface area contributed by atoms with Crippen molar-refractivity contribution in [3.8, 4) is 17.3 Å². The van der Waals surface area contributed by atoms with Crippen LogP contribution in [0.3, 0.4) is 0 Å². The van der Waals surface area contributed by atoms with Gasteiger partial charge in [0.2, 0.25) is 5.88 Å². The molecule has 2 N–H and O–H groups in total. The first-order valence-corrected chi connectivity index (χ1v) is 9.86. The third-order valence-electron chi connectivity index (χ3n) is 4.97. The lowest BCUT2D eigenvalue weighted by molar-refractivity contribution is 0.173. The van der Waals surface area contributed by atoms with Crippen LogP contribution in [0.1, 0.15) is 18.1 Å². The Bertz CT molecular complexity index is 1350. The molecule has 0 saturated heterocycles. The number of benzene rings is 1. The molecule has 1 unspecified atom stereocenters. The number of aryl methyl sites for hydroxylation is 2. The standard InChI is InChI=1S/C22H23N5O4/c1-13-9-16(10-23-21(13)31-12-15-7-5-4-6-8-15)18-24-19-17(26(18)3)20(29)25-22(30)27(19)11-14(2)28/h4-10,14,28H,11-12H2,1-3H3,(H,25,29,30). The summed E-state index contributed by atoms with van der Waals surface area (Å²) < 4.78 is 8.72. The quantitative estimate of drug-likeness (QED) is 0.490. The van der Waals surface area contributed by atoms with Crippen molar-refractivity contribution >= 4 is 11.2 Å². The molecule has 0 fully saturated rings. The Morgan fingerprint density at radius 2 is 1.97 bits per heavy atom. The second-order valence-electron chi connectivity index (χ2n) is 7.51. The molecule has 0 aliphatic heterocycles. The Kier molecular flexibility index (Phi) is 5.43. The van der Waals surface area contributed by atoms with Gasteiger partial charge in [-0.2, -0.15) is 0 Å². The van der Waals surface area contributed by atoms with Crippen LogP contribution >= 0.6 is 0 Å².